The van der Waals surface area contributed by atoms with E-state index in [0.717, 1.165) is 11.0 Å². The maximum absolute atomic E-state index is 11.1. The highest BCUT2D eigenvalue weighted by atomic mass is 79.9. The highest BCUT2D eigenvalue weighted by molar-refractivity contribution is 9.10. The summed E-state index contributed by atoms with van der Waals surface area (Å²) in [6.07, 6.45) is 1.85. The molecule has 0 atom stereocenters. The first kappa shape index (κ1) is 14.3. The van der Waals surface area contributed by atoms with Gasteiger partial charge in [-0.3, -0.25) is 0 Å². The molecule has 0 radical (unpaired) electrons. The van der Waals surface area contributed by atoms with E-state index in [1.54, 1.807) is 6.07 Å². The normalized spacial score (nSPS) is 11.8. The quantitative estimate of drug-likeness (QED) is 0.897. The largest absolute Gasteiger partial charge is 0.477 e. The number of carboxylic acid groups (broad SMARTS) is 1. The fourth-order valence-electron chi connectivity index (χ4n) is 2.22. The molecule has 0 aliphatic rings. The Kier molecular flexibility index (Phi) is 4.80. The Hall–Kier alpha value is -0.770. The molecule has 4 heteroatoms. The van der Waals surface area contributed by atoms with Crippen LogP contribution < -0.4 is 0 Å². The molecule has 0 saturated carbocycles. The third kappa shape index (κ3) is 3.60. The Morgan fingerprint density at radius 1 is 1.35 bits per heavy atom. The van der Waals surface area contributed by atoms with Crippen molar-refractivity contribution in [2.24, 2.45) is 17.8 Å². The first-order valence-electron chi connectivity index (χ1n) is 5.92. The van der Waals surface area contributed by atoms with Crippen LogP contribution in [0.15, 0.2) is 16.7 Å². The van der Waals surface area contributed by atoms with Crippen LogP contribution in [0.5, 0.6) is 0 Å². The fourth-order valence-corrected chi connectivity index (χ4v) is 2.69. The second-order valence-corrected chi connectivity index (χ2v) is 6.07. The molecule has 0 bridgehead atoms. The van der Waals surface area contributed by atoms with Gasteiger partial charge in [0, 0.05) is 17.2 Å². The Balaban J connectivity index is 2.96. The molecule has 0 aliphatic heterocycles. The zero-order valence-electron chi connectivity index (χ0n) is 10.8. The van der Waals surface area contributed by atoms with Gasteiger partial charge in [-0.1, -0.05) is 27.7 Å². The molecule has 1 heterocycles. The molecule has 0 spiro atoms. The maximum atomic E-state index is 11.1. The molecule has 0 aliphatic carbocycles. The molecular weight excluding hydrogens is 282 g/mol. The number of rotatable bonds is 5. The molecular formula is C13H20BrNO2. The topological polar surface area (TPSA) is 42.2 Å². The minimum Gasteiger partial charge on any atom is -0.477 e. The summed E-state index contributed by atoms with van der Waals surface area (Å²) < 4.78 is 2.65. The number of hydrogen-bond acceptors (Lipinski definition) is 1. The molecule has 1 aromatic heterocycles. The standard InChI is InChI=1S/C13H20BrNO2/c1-8(2)11(9(3)4)7-15-6-10(14)5-12(15)13(16)17/h5-6,8-9,11H,7H2,1-4H3,(H,16,17). The van der Waals surface area contributed by atoms with Gasteiger partial charge in [0.25, 0.3) is 0 Å². The molecule has 1 aromatic rings. The van der Waals surface area contributed by atoms with E-state index in [2.05, 4.69) is 43.6 Å². The summed E-state index contributed by atoms with van der Waals surface area (Å²) in [5.74, 6) is 0.685. The van der Waals surface area contributed by atoms with Crippen molar-refractivity contribution in [3.8, 4) is 0 Å². The van der Waals surface area contributed by atoms with Crippen LogP contribution in [-0.4, -0.2) is 15.6 Å². The summed E-state index contributed by atoms with van der Waals surface area (Å²) in [6.45, 7) is 9.49. The van der Waals surface area contributed by atoms with Gasteiger partial charge < -0.3 is 9.67 Å². The van der Waals surface area contributed by atoms with E-state index in [4.69, 9.17) is 5.11 Å². The molecule has 0 amide bonds. The lowest BCUT2D eigenvalue weighted by Gasteiger charge is -2.25. The number of carboxylic acids is 1. The highest BCUT2D eigenvalue weighted by Gasteiger charge is 2.21. The van der Waals surface area contributed by atoms with Crippen LogP contribution in [0.3, 0.4) is 0 Å². The van der Waals surface area contributed by atoms with E-state index in [-0.39, 0.29) is 0 Å². The summed E-state index contributed by atoms with van der Waals surface area (Å²) >= 11 is 3.33. The van der Waals surface area contributed by atoms with Gasteiger partial charge in [0.1, 0.15) is 5.69 Å². The maximum Gasteiger partial charge on any atom is 0.352 e. The number of nitrogens with zero attached hydrogens (tertiary/aromatic N) is 1. The van der Waals surface area contributed by atoms with Crippen LogP contribution in [-0.2, 0) is 6.54 Å². The summed E-state index contributed by atoms with van der Waals surface area (Å²) in [5.41, 5.74) is 0.350. The van der Waals surface area contributed by atoms with Crippen molar-refractivity contribution in [2.45, 2.75) is 34.2 Å². The number of hydrogen-bond donors (Lipinski definition) is 1. The second kappa shape index (κ2) is 5.71. The highest BCUT2D eigenvalue weighted by Crippen LogP contribution is 2.25. The predicted octanol–water partition coefficient (Wildman–Crippen LogP) is 3.88. The van der Waals surface area contributed by atoms with Gasteiger partial charge in [-0.2, -0.15) is 0 Å². The van der Waals surface area contributed by atoms with E-state index < -0.39 is 5.97 Å². The van der Waals surface area contributed by atoms with E-state index >= 15 is 0 Å². The molecule has 17 heavy (non-hydrogen) atoms. The first-order valence-corrected chi connectivity index (χ1v) is 6.71. The van der Waals surface area contributed by atoms with Crippen molar-refractivity contribution < 1.29 is 9.90 Å². The van der Waals surface area contributed by atoms with Crippen LogP contribution >= 0.6 is 15.9 Å². The monoisotopic (exact) mass is 301 g/mol. The van der Waals surface area contributed by atoms with Crippen molar-refractivity contribution in [3.63, 3.8) is 0 Å². The van der Waals surface area contributed by atoms with Crippen molar-refractivity contribution in [3.05, 3.63) is 22.4 Å². The Bertz CT molecular complexity index is 388. The summed E-state index contributed by atoms with van der Waals surface area (Å²) in [4.78, 5) is 11.1. The average Bonchev–Trinajstić information content (AvgIpc) is 2.55. The SMILES string of the molecule is CC(C)C(Cn1cc(Br)cc1C(=O)O)C(C)C. The van der Waals surface area contributed by atoms with Gasteiger partial charge in [0.2, 0.25) is 0 Å². The second-order valence-electron chi connectivity index (χ2n) is 5.15. The van der Waals surface area contributed by atoms with E-state index in [1.165, 1.54) is 0 Å². The van der Waals surface area contributed by atoms with Crippen LogP contribution in [0.4, 0.5) is 0 Å². The Morgan fingerprint density at radius 3 is 2.29 bits per heavy atom. The van der Waals surface area contributed by atoms with Crippen LogP contribution in [0.2, 0.25) is 0 Å². The van der Waals surface area contributed by atoms with Crippen LogP contribution in [0.25, 0.3) is 0 Å². The van der Waals surface area contributed by atoms with Crippen LogP contribution in [0.1, 0.15) is 38.2 Å². The zero-order valence-corrected chi connectivity index (χ0v) is 12.4. The smallest absolute Gasteiger partial charge is 0.352 e. The van der Waals surface area contributed by atoms with Gasteiger partial charge in [-0.15, -0.1) is 0 Å². The third-order valence-electron chi connectivity index (χ3n) is 3.20. The minimum absolute atomic E-state index is 0.350. The molecule has 0 fully saturated rings. The Labute approximate surface area is 111 Å². The molecule has 1 rings (SSSR count). The lowest BCUT2D eigenvalue weighted by Crippen LogP contribution is -2.23. The average molecular weight is 302 g/mol. The van der Waals surface area contributed by atoms with E-state index in [9.17, 15) is 4.79 Å². The van der Waals surface area contributed by atoms with Gasteiger partial charge in [-0.25, -0.2) is 4.79 Å². The lowest BCUT2D eigenvalue weighted by atomic mass is 9.85. The molecule has 1 N–H and O–H groups in total. The van der Waals surface area contributed by atoms with Crippen molar-refractivity contribution in [1.29, 1.82) is 0 Å². The van der Waals surface area contributed by atoms with Crippen molar-refractivity contribution >= 4 is 21.9 Å². The zero-order chi connectivity index (χ0) is 13.2. The molecule has 96 valence electrons. The summed E-state index contributed by atoms with van der Waals surface area (Å²) in [7, 11) is 0. The van der Waals surface area contributed by atoms with Gasteiger partial charge in [-0.05, 0) is 39.8 Å². The summed E-state index contributed by atoms with van der Waals surface area (Å²) in [5, 5.41) is 9.13. The molecule has 3 nitrogen and oxygen atoms in total. The van der Waals surface area contributed by atoms with Crippen molar-refractivity contribution in [2.75, 3.05) is 0 Å². The van der Waals surface area contributed by atoms with E-state index in [1.807, 2.05) is 10.8 Å². The van der Waals surface area contributed by atoms with Crippen molar-refractivity contribution in [1.82, 2.24) is 4.57 Å². The molecule has 0 unspecified atom stereocenters. The van der Waals surface area contributed by atoms with Crippen LogP contribution in [0, 0.1) is 17.8 Å². The van der Waals surface area contributed by atoms with Gasteiger partial charge in [0.15, 0.2) is 0 Å². The van der Waals surface area contributed by atoms with Gasteiger partial charge in [0.05, 0.1) is 0 Å². The molecule has 0 saturated heterocycles. The van der Waals surface area contributed by atoms with E-state index in [0.29, 0.717) is 23.4 Å². The third-order valence-corrected chi connectivity index (χ3v) is 3.64. The number of aromatic carboxylic acids is 1. The van der Waals surface area contributed by atoms with Gasteiger partial charge >= 0.3 is 5.97 Å². The Morgan fingerprint density at radius 2 is 1.88 bits per heavy atom. The number of halogens is 1. The predicted molar refractivity (Wildman–Crippen MR) is 72.3 cm³/mol. The molecule has 0 aromatic carbocycles. The number of carbonyl (C=O) groups is 1. The minimum atomic E-state index is -0.873. The number of aromatic nitrogens is 1. The summed E-state index contributed by atoms with van der Waals surface area (Å²) in [6, 6.07) is 1.65. The fraction of sp³-hybridized carbons (Fsp3) is 0.615. The first-order chi connectivity index (χ1) is 7.82. The lowest BCUT2D eigenvalue weighted by molar-refractivity contribution is 0.0681.